The molecule has 5 aliphatic rings. The van der Waals surface area contributed by atoms with Crippen molar-refractivity contribution in [2.45, 2.75) is 84.1 Å². The van der Waals surface area contributed by atoms with Crippen molar-refractivity contribution in [3.05, 3.63) is 87.9 Å². The van der Waals surface area contributed by atoms with Gasteiger partial charge in [-0.05, 0) is 86.2 Å². The molecular formula is C45H49ClN6O7. The van der Waals surface area contributed by atoms with E-state index in [9.17, 15) is 29.2 Å². The van der Waals surface area contributed by atoms with Crippen molar-refractivity contribution in [1.82, 2.24) is 15.5 Å². The summed E-state index contributed by atoms with van der Waals surface area (Å²) in [6.45, 7) is 12.2. The highest BCUT2D eigenvalue weighted by Gasteiger charge is 2.64. The molecule has 8 rings (SSSR count). The fraction of sp³-hybridized carbons (Fsp3) is 0.467. The summed E-state index contributed by atoms with van der Waals surface area (Å²) < 4.78 is 12.8. The van der Waals surface area contributed by atoms with Crippen LogP contribution in [0.1, 0.15) is 96.4 Å². The second kappa shape index (κ2) is 15.6. The number of imide groups is 2. The Morgan fingerprint density at radius 2 is 1.54 bits per heavy atom. The highest BCUT2D eigenvalue weighted by molar-refractivity contribution is 6.31. The topological polar surface area (TPSA) is 161 Å². The molecule has 2 atom stereocenters. The zero-order valence-corrected chi connectivity index (χ0v) is 34.5. The van der Waals surface area contributed by atoms with Gasteiger partial charge in [-0.1, -0.05) is 39.3 Å². The molecule has 1 saturated carbocycles. The summed E-state index contributed by atoms with van der Waals surface area (Å²) >= 11 is 6.25. The Morgan fingerprint density at radius 1 is 0.864 bits per heavy atom. The minimum atomic E-state index is -0.982. The van der Waals surface area contributed by atoms with Crippen LogP contribution in [0.15, 0.2) is 60.7 Å². The molecule has 0 spiro atoms. The van der Waals surface area contributed by atoms with Gasteiger partial charge in [0, 0.05) is 79.1 Å². The third-order valence-electron chi connectivity index (χ3n) is 13.0. The first kappa shape index (κ1) is 40.3. The van der Waals surface area contributed by atoms with Crippen LogP contribution in [0.3, 0.4) is 0 Å². The number of halogens is 1. The van der Waals surface area contributed by atoms with Gasteiger partial charge in [-0.25, -0.2) is 0 Å². The van der Waals surface area contributed by atoms with E-state index in [1.165, 1.54) is 0 Å². The quantitative estimate of drug-likeness (QED) is 0.242. The minimum Gasteiger partial charge on any atom is -0.489 e. The molecule has 1 unspecified atom stereocenters. The van der Waals surface area contributed by atoms with E-state index in [1.807, 2.05) is 30.3 Å². The van der Waals surface area contributed by atoms with Crippen molar-refractivity contribution in [3.63, 3.8) is 0 Å². The number of hydrogen-bond donors (Lipinski definition) is 2. The molecule has 59 heavy (non-hydrogen) atoms. The number of nitriles is 1. The minimum absolute atomic E-state index is 0.0845. The number of nitrogens with zero attached hydrogens (tertiary/aromatic N) is 4. The number of amides is 5. The molecular weight excluding hydrogens is 772 g/mol. The number of rotatable bonds is 10. The van der Waals surface area contributed by atoms with Crippen LogP contribution in [0, 0.1) is 28.1 Å². The number of carbonyl (C=O) groups excluding carboxylic acids is 5. The molecule has 5 amide bonds. The highest BCUT2D eigenvalue weighted by Crippen LogP contribution is 2.55. The van der Waals surface area contributed by atoms with E-state index in [2.05, 4.69) is 54.2 Å². The molecule has 3 aromatic carbocycles. The van der Waals surface area contributed by atoms with Gasteiger partial charge in [0.05, 0.1) is 27.8 Å². The maximum absolute atomic E-state index is 13.5. The van der Waals surface area contributed by atoms with E-state index in [-0.39, 0.29) is 53.4 Å². The van der Waals surface area contributed by atoms with Crippen LogP contribution in [0.4, 0.5) is 11.4 Å². The van der Waals surface area contributed by atoms with Gasteiger partial charge >= 0.3 is 0 Å². The van der Waals surface area contributed by atoms with Gasteiger partial charge in [-0.2, -0.15) is 5.26 Å². The second-order valence-corrected chi connectivity index (χ2v) is 18.1. The Morgan fingerprint density at radius 3 is 2.22 bits per heavy atom. The van der Waals surface area contributed by atoms with E-state index in [1.54, 1.807) is 30.3 Å². The average molecular weight is 821 g/mol. The Bertz CT molecular complexity index is 2230. The normalized spacial score (nSPS) is 25.0. The third kappa shape index (κ3) is 7.53. The number of benzene rings is 3. The van der Waals surface area contributed by atoms with Crippen molar-refractivity contribution < 1.29 is 33.4 Å². The zero-order valence-electron chi connectivity index (χ0n) is 33.8. The predicted molar refractivity (Wildman–Crippen MR) is 220 cm³/mol. The van der Waals surface area contributed by atoms with Crippen molar-refractivity contribution in [2.24, 2.45) is 16.7 Å². The third-order valence-corrected chi connectivity index (χ3v) is 13.4. The van der Waals surface area contributed by atoms with Gasteiger partial charge in [0.25, 0.3) is 17.7 Å². The number of ether oxygens (including phenoxy) is 2. The summed E-state index contributed by atoms with van der Waals surface area (Å²) in [6.07, 6.45) is 2.92. The predicted octanol–water partition coefficient (Wildman–Crippen LogP) is 5.74. The number of hydrogen-bond acceptors (Lipinski definition) is 10. The molecule has 1 aliphatic carbocycles. The molecule has 3 aromatic rings. The first-order chi connectivity index (χ1) is 28.1. The molecule has 3 saturated heterocycles. The highest BCUT2D eigenvalue weighted by atomic mass is 35.5. The number of nitrogens with one attached hydrogen (secondary N) is 2. The summed E-state index contributed by atoms with van der Waals surface area (Å²) in [7, 11) is 0. The summed E-state index contributed by atoms with van der Waals surface area (Å²) in [5.74, 6) is -1.15. The Balaban J connectivity index is 0.787. The maximum atomic E-state index is 13.5. The first-order valence-electron chi connectivity index (χ1n) is 20.4. The van der Waals surface area contributed by atoms with Crippen LogP contribution >= 0.6 is 11.6 Å². The largest absolute Gasteiger partial charge is 0.489 e. The summed E-state index contributed by atoms with van der Waals surface area (Å²) in [6, 6.07) is 19.1. The second-order valence-electron chi connectivity index (χ2n) is 17.6. The number of anilines is 2. The summed E-state index contributed by atoms with van der Waals surface area (Å²) in [4.78, 5) is 69.5. The van der Waals surface area contributed by atoms with E-state index < -0.39 is 29.7 Å². The Labute approximate surface area is 348 Å². The number of carbonyl (C=O) groups is 5. The van der Waals surface area contributed by atoms with Crippen molar-refractivity contribution in [2.75, 3.05) is 42.6 Å². The van der Waals surface area contributed by atoms with Crippen molar-refractivity contribution in [1.29, 1.82) is 5.26 Å². The number of fused-ring (bicyclic) bond motifs is 1. The number of piperidine rings is 2. The molecule has 2 N–H and O–H groups in total. The molecule has 4 fully saturated rings. The summed E-state index contributed by atoms with van der Waals surface area (Å²) in [5, 5.41) is 15.1. The van der Waals surface area contributed by atoms with Gasteiger partial charge in [0.2, 0.25) is 11.8 Å². The van der Waals surface area contributed by atoms with Gasteiger partial charge in [0.15, 0.2) is 0 Å². The smallest absolute Gasteiger partial charge is 0.262 e. The maximum Gasteiger partial charge on any atom is 0.262 e. The van der Waals surface area contributed by atoms with Gasteiger partial charge < -0.3 is 24.6 Å². The van der Waals surface area contributed by atoms with E-state index >= 15 is 0 Å². The lowest BCUT2D eigenvalue weighted by molar-refractivity contribution is -0.164. The van der Waals surface area contributed by atoms with Crippen molar-refractivity contribution in [3.8, 4) is 11.8 Å². The van der Waals surface area contributed by atoms with Gasteiger partial charge in [0.1, 0.15) is 24.0 Å². The van der Waals surface area contributed by atoms with E-state index in [4.69, 9.17) is 21.1 Å². The van der Waals surface area contributed by atoms with Crippen LogP contribution in [-0.4, -0.2) is 91.5 Å². The molecule has 13 nitrogen and oxygen atoms in total. The molecule has 4 aliphatic heterocycles. The molecule has 308 valence electrons. The molecule has 4 heterocycles. The lowest BCUT2D eigenvalue weighted by Gasteiger charge is -2.63. The fourth-order valence-corrected chi connectivity index (χ4v) is 10.2. The molecule has 14 heteroatoms. The lowest BCUT2D eigenvalue weighted by Crippen LogP contribution is -2.74. The van der Waals surface area contributed by atoms with E-state index in [0.717, 1.165) is 61.7 Å². The Hall–Kier alpha value is -5.45. The average Bonchev–Trinajstić information content (AvgIpc) is 3.80. The molecule has 0 radical (unpaired) electrons. The van der Waals surface area contributed by atoms with E-state index in [0.29, 0.717) is 40.0 Å². The van der Waals surface area contributed by atoms with Crippen molar-refractivity contribution >= 4 is 52.5 Å². The van der Waals surface area contributed by atoms with Gasteiger partial charge in [-0.3, -0.25) is 34.2 Å². The molecule has 0 aromatic heterocycles. The Kier molecular flexibility index (Phi) is 10.7. The van der Waals surface area contributed by atoms with Crippen LogP contribution in [0.25, 0.3) is 0 Å². The lowest BCUT2D eigenvalue weighted by atomic mass is 9.49. The monoisotopic (exact) mass is 820 g/mol. The fourth-order valence-electron chi connectivity index (χ4n) is 10.0. The first-order valence-corrected chi connectivity index (χ1v) is 20.8. The van der Waals surface area contributed by atoms with Crippen LogP contribution in [-0.2, 0) is 14.3 Å². The molecule has 0 bridgehead atoms. The van der Waals surface area contributed by atoms with Crippen LogP contribution in [0.5, 0.6) is 5.75 Å². The van der Waals surface area contributed by atoms with Crippen LogP contribution < -0.4 is 25.2 Å². The SMILES string of the molecule is CC1(C)C(NC(=O)c2ccc(N3CC[C@@H](OCC4CCN(c5ccc6c(c5)C(=O)N(C5CCC(=O)NC5=O)C6=O)CC4)C3)cc2)C(C)(C)C1Oc1ccc(C#N)c(Cl)c1. The zero-order chi connectivity index (χ0) is 41.8. The van der Waals surface area contributed by atoms with Gasteiger partial charge in [-0.15, -0.1) is 0 Å². The summed E-state index contributed by atoms with van der Waals surface area (Å²) in [5.41, 5.74) is 2.76. The van der Waals surface area contributed by atoms with Crippen LogP contribution in [0.2, 0.25) is 5.02 Å². The standard InChI is InChI=1S/C45H49ClN6O7/c1-44(2)42(45(3,4)43(44)59-31-11-7-28(23-47)35(46)22-31)49-38(54)27-5-8-29(9-6-27)51-20-17-32(24-51)58-25-26-15-18-50(19-16-26)30-10-12-33-34(21-30)41(57)52(40(33)56)36-13-14-37(53)48-39(36)55/h5-12,21-22,26,32,36,42-43H,13-20,24-25H2,1-4H3,(H,49,54)(H,48,53,55)/t32-,36?,42?,43?/m1/s1.